The van der Waals surface area contributed by atoms with Crippen molar-refractivity contribution in [3.8, 4) is 11.6 Å². The zero-order valence-electron chi connectivity index (χ0n) is 13.7. The minimum Gasteiger partial charge on any atom is -0.496 e. The highest BCUT2D eigenvalue weighted by Gasteiger charge is 2.41. The molecule has 2 heterocycles. The molecule has 1 aromatic carbocycles. The van der Waals surface area contributed by atoms with E-state index in [9.17, 15) is 4.79 Å². The van der Waals surface area contributed by atoms with Crippen molar-refractivity contribution in [1.82, 2.24) is 25.1 Å². The van der Waals surface area contributed by atoms with Gasteiger partial charge in [0.25, 0.3) is 5.91 Å². The van der Waals surface area contributed by atoms with Crippen LogP contribution in [0.5, 0.6) is 5.75 Å². The average molecular weight is 335 g/mol. The van der Waals surface area contributed by atoms with Crippen LogP contribution in [0.15, 0.2) is 55.2 Å². The molecule has 0 bridgehead atoms. The second kappa shape index (κ2) is 6.35. The van der Waals surface area contributed by atoms with Crippen molar-refractivity contribution < 1.29 is 9.53 Å². The molecule has 0 saturated heterocycles. The van der Waals surface area contributed by atoms with Crippen LogP contribution in [-0.2, 0) is 0 Å². The molecule has 4 rings (SSSR count). The van der Waals surface area contributed by atoms with Crippen LogP contribution in [0.3, 0.4) is 0 Å². The van der Waals surface area contributed by atoms with E-state index in [1.54, 1.807) is 31.8 Å². The Balaban J connectivity index is 1.46. The second-order valence-corrected chi connectivity index (χ2v) is 5.91. The first-order chi connectivity index (χ1) is 12.3. The van der Waals surface area contributed by atoms with E-state index in [1.807, 2.05) is 24.3 Å². The van der Waals surface area contributed by atoms with Crippen LogP contribution < -0.4 is 10.1 Å². The smallest absolute Gasteiger partial charge is 0.251 e. The molecule has 1 fully saturated rings. The molecule has 0 aliphatic heterocycles. The highest BCUT2D eigenvalue weighted by molar-refractivity contribution is 5.95. The van der Waals surface area contributed by atoms with Crippen molar-refractivity contribution in [2.24, 2.45) is 0 Å². The van der Waals surface area contributed by atoms with E-state index in [2.05, 4.69) is 20.4 Å². The van der Waals surface area contributed by atoms with E-state index in [0.29, 0.717) is 11.4 Å². The summed E-state index contributed by atoms with van der Waals surface area (Å²) in [6.07, 6.45) is 5.47. The Bertz CT molecular complexity index is 894. The van der Waals surface area contributed by atoms with Gasteiger partial charge in [-0.2, -0.15) is 5.10 Å². The summed E-state index contributed by atoms with van der Waals surface area (Å²) in [6.45, 7) is 0. The number of benzene rings is 1. The van der Waals surface area contributed by atoms with Gasteiger partial charge in [0, 0.05) is 23.7 Å². The summed E-state index contributed by atoms with van der Waals surface area (Å²) in [5.74, 6) is 1.59. The molecule has 7 heteroatoms. The fraction of sp³-hybridized carbons (Fsp3) is 0.222. The summed E-state index contributed by atoms with van der Waals surface area (Å²) in [6, 6.07) is 11.4. The van der Waals surface area contributed by atoms with Gasteiger partial charge < -0.3 is 10.1 Å². The summed E-state index contributed by atoms with van der Waals surface area (Å²) in [4.78, 5) is 20.6. The Morgan fingerprint density at radius 3 is 3.00 bits per heavy atom. The van der Waals surface area contributed by atoms with Crippen molar-refractivity contribution >= 4 is 5.91 Å². The minimum atomic E-state index is -0.119. The molecule has 7 nitrogen and oxygen atoms in total. The van der Waals surface area contributed by atoms with Crippen LogP contribution in [0.25, 0.3) is 5.82 Å². The topological polar surface area (TPSA) is 81.9 Å². The van der Waals surface area contributed by atoms with Crippen LogP contribution in [0.4, 0.5) is 0 Å². The van der Waals surface area contributed by atoms with E-state index in [1.165, 1.54) is 11.0 Å². The molecule has 1 aliphatic rings. The number of methoxy groups -OCH3 is 1. The number of rotatable bonds is 5. The number of nitrogens with one attached hydrogen (secondary N) is 1. The average Bonchev–Trinajstić information content (AvgIpc) is 3.19. The second-order valence-electron chi connectivity index (χ2n) is 5.91. The highest BCUT2D eigenvalue weighted by Crippen LogP contribution is 2.44. The minimum absolute atomic E-state index is 0.117. The molecule has 1 saturated carbocycles. The fourth-order valence-electron chi connectivity index (χ4n) is 2.93. The first-order valence-corrected chi connectivity index (χ1v) is 8.01. The van der Waals surface area contributed by atoms with Gasteiger partial charge in [-0.3, -0.25) is 4.79 Å². The van der Waals surface area contributed by atoms with Gasteiger partial charge in [-0.25, -0.2) is 14.6 Å². The summed E-state index contributed by atoms with van der Waals surface area (Å²) in [5.41, 5.74) is 1.68. The van der Waals surface area contributed by atoms with Crippen LogP contribution in [-0.4, -0.2) is 38.8 Å². The number of aromatic nitrogens is 4. The molecule has 1 N–H and O–H groups in total. The summed E-state index contributed by atoms with van der Waals surface area (Å²) in [5, 5.41) is 7.10. The standard InChI is InChI=1S/C18H17N5O2/c1-25-16-5-3-2-4-13(16)14-9-15(14)22-18(24)12-6-7-20-17(8-12)23-11-19-10-21-23/h2-8,10-11,14-15H,9H2,1H3,(H,22,24)/t14-,15-/m0/s1. The van der Waals surface area contributed by atoms with Gasteiger partial charge in [0.1, 0.15) is 18.4 Å². The van der Waals surface area contributed by atoms with Gasteiger partial charge in [-0.1, -0.05) is 18.2 Å². The highest BCUT2D eigenvalue weighted by atomic mass is 16.5. The van der Waals surface area contributed by atoms with Crippen molar-refractivity contribution in [3.05, 3.63) is 66.4 Å². The number of para-hydroxylation sites is 1. The molecule has 0 radical (unpaired) electrons. The molecule has 0 spiro atoms. The summed E-state index contributed by atoms with van der Waals surface area (Å²) < 4.78 is 6.92. The predicted molar refractivity (Wildman–Crippen MR) is 90.8 cm³/mol. The molecule has 2 aromatic heterocycles. The normalized spacial score (nSPS) is 18.6. The Hall–Kier alpha value is -3.22. The molecule has 0 unspecified atom stereocenters. The van der Waals surface area contributed by atoms with Crippen molar-refractivity contribution in [1.29, 1.82) is 0 Å². The number of pyridine rings is 1. The van der Waals surface area contributed by atoms with E-state index < -0.39 is 0 Å². The third-order valence-electron chi connectivity index (χ3n) is 4.31. The lowest BCUT2D eigenvalue weighted by Crippen LogP contribution is -2.26. The third kappa shape index (κ3) is 3.08. The Morgan fingerprint density at radius 2 is 2.20 bits per heavy atom. The summed E-state index contributed by atoms with van der Waals surface area (Å²) in [7, 11) is 1.66. The van der Waals surface area contributed by atoms with Gasteiger partial charge in [-0.15, -0.1) is 0 Å². The van der Waals surface area contributed by atoms with Crippen LogP contribution >= 0.6 is 0 Å². The van der Waals surface area contributed by atoms with E-state index >= 15 is 0 Å². The molecule has 25 heavy (non-hydrogen) atoms. The van der Waals surface area contributed by atoms with Gasteiger partial charge in [0.15, 0.2) is 5.82 Å². The fourth-order valence-corrected chi connectivity index (χ4v) is 2.93. The van der Waals surface area contributed by atoms with Gasteiger partial charge >= 0.3 is 0 Å². The molecular formula is C18H17N5O2. The number of ether oxygens (including phenoxy) is 1. The van der Waals surface area contributed by atoms with Crippen molar-refractivity contribution in [2.75, 3.05) is 7.11 Å². The van der Waals surface area contributed by atoms with E-state index in [4.69, 9.17) is 4.74 Å². The van der Waals surface area contributed by atoms with Gasteiger partial charge in [-0.05, 0) is 30.2 Å². The maximum atomic E-state index is 12.5. The van der Waals surface area contributed by atoms with Crippen molar-refractivity contribution in [3.63, 3.8) is 0 Å². The zero-order valence-corrected chi connectivity index (χ0v) is 13.7. The SMILES string of the molecule is COc1ccccc1[C@@H]1C[C@@H]1NC(=O)c1ccnc(-n2cncn2)c1. The molecule has 126 valence electrons. The molecule has 1 aliphatic carbocycles. The van der Waals surface area contributed by atoms with Gasteiger partial charge in [0.2, 0.25) is 0 Å². The maximum Gasteiger partial charge on any atom is 0.251 e. The van der Waals surface area contributed by atoms with Crippen LogP contribution in [0, 0.1) is 0 Å². The summed E-state index contributed by atoms with van der Waals surface area (Å²) >= 11 is 0. The van der Waals surface area contributed by atoms with E-state index in [-0.39, 0.29) is 17.9 Å². The third-order valence-corrected chi connectivity index (χ3v) is 4.31. The van der Waals surface area contributed by atoms with E-state index in [0.717, 1.165) is 17.7 Å². The predicted octanol–water partition coefficient (Wildman–Crippen LogP) is 1.96. The lowest BCUT2D eigenvalue weighted by molar-refractivity contribution is 0.0950. The first kappa shape index (κ1) is 15.3. The molecular weight excluding hydrogens is 318 g/mol. The lowest BCUT2D eigenvalue weighted by atomic mass is 10.1. The quantitative estimate of drug-likeness (QED) is 0.771. The number of amides is 1. The molecule has 3 aromatic rings. The number of hydrogen-bond donors (Lipinski definition) is 1. The Morgan fingerprint density at radius 1 is 1.32 bits per heavy atom. The monoisotopic (exact) mass is 335 g/mol. The maximum absolute atomic E-state index is 12.5. The van der Waals surface area contributed by atoms with Crippen LogP contribution in [0.1, 0.15) is 28.3 Å². The number of hydrogen-bond acceptors (Lipinski definition) is 5. The number of carbonyl (C=O) groups is 1. The van der Waals surface area contributed by atoms with Crippen molar-refractivity contribution in [2.45, 2.75) is 18.4 Å². The molecule has 2 atom stereocenters. The van der Waals surface area contributed by atoms with Gasteiger partial charge in [0.05, 0.1) is 7.11 Å². The zero-order chi connectivity index (χ0) is 17.2. The largest absolute Gasteiger partial charge is 0.496 e. The lowest BCUT2D eigenvalue weighted by Gasteiger charge is -2.09. The Labute approximate surface area is 144 Å². The Kier molecular flexibility index (Phi) is 3.89. The number of carbonyl (C=O) groups excluding carboxylic acids is 1. The van der Waals surface area contributed by atoms with Crippen LogP contribution in [0.2, 0.25) is 0 Å². The molecule has 1 amide bonds. The first-order valence-electron chi connectivity index (χ1n) is 8.01. The number of nitrogens with zero attached hydrogens (tertiary/aromatic N) is 4.